The van der Waals surface area contributed by atoms with E-state index < -0.39 is 0 Å². The van der Waals surface area contributed by atoms with Crippen molar-refractivity contribution in [3.8, 4) is 5.69 Å². The number of piperazine rings is 1. The van der Waals surface area contributed by atoms with E-state index in [-0.39, 0.29) is 5.91 Å². The van der Waals surface area contributed by atoms with Crippen molar-refractivity contribution in [2.45, 2.75) is 6.92 Å². The molecule has 4 rings (SSSR count). The highest BCUT2D eigenvalue weighted by Gasteiger charge is 2.20. The molecule has 0 spiro atoms. The fourth-order valence-electron chi connectivity index (χ4n) is 3.58. The molecule has 0 atom stereocenters. The molecule has 29 heavy (non-hydrogen) atoms. The molecule has 1 fully saturated rings. The molecule has 6 nitrogen and oxygen atoms in total. The molecular formula is C22H24ClN5O. The van der Waals surface area contributed by atoms with Crippen LogP contribution in [0.1, 0.15) is 16.1 Å². The fraction of sp³-hybridized carbons (Fsp3) is 0.273. The van der Waals surface area contributed by atoms with Gasteiger partial charge in [0, 0.05) is 31.2 Å². The van der Waals surface area contributed by atoms with Gasteiger partial charge < -0.3 is 15.1 Å². The topological polar surface area (TPSA) is 53.4 Å². The summed E-state index contributed by atoms with van der Waals surface area (Å²) >= 11 is 6.23. The lowest BCUT2D eigenvalue weighted by atomic mass is 10.2. The van der Waals surface area contributed by atoms with Gasteiger partial charge in [-0.2, -0.15) is 5.10 Å². The molecule has 150 valence electrons. The standard InChI is InChI=1S/C22H24ClN5O/c1-16-19(15-24-28(16)18-6-4-3-5-7-18)22(29)25-20-14-17(23)8-9-21(20)27-12-10-26(2)11-13-27/h3-9,14-15H,10-13H2,1-2H3,(H,25,29). The van der Waals surface area contributed by atoms with Crippen LogP contribution in [-0.4, -0.2) is 53.8 Å². The average molecular weight is 410 g/mol. The number of benzene rings is 2. The number of hydrogen-bond acceptors (Lipinski definition) is 4. The summed E-state index contributed by atoms with van der Waals surface area (Å²) in [5.41, 5.74) is 3.96. The van der Waals surface area contributed by atoms with Gasteiger partial charge in [-0.05, 0) is 44.3 Å². The number of hydrogen-bond donors (Lipinski definition) is 1. The second kappa shape index (κ2) is 8.27. The molecule has 1 aliphatic heterocycles. The zero-order valence-corrected chi connectivity index (χ0v) is 17.4. The van der Waals surface area contributed by atoms with Gasteiger partial charge in [0.1, 0.15) is 0 Å². The minimum atomic E-state index is -0.192. The second-order valence-corrected chi connectivity index (χ2v) is 7.73. The lowest BCUT2D eigenvalue weighted by molar-refractivity contribution is 0.102. The van der Waals surface area contributed by atoms with Gasteiger partial charge in [0.2, 0.25) is 0 Å². The first-order chi connectivity index (χ1) is 14.0. The summed E-state index contributed by atoms with van der Waals surface area (Å²) in [5.74, 6) is -0.192. The molecule has 0 aliphatic carbocycles. The van der Waals surface area contributed by atoms with E-state index >= 15 is 0 Å². The molecule has 0 radical (unpaired) electrons. The Morgan fingerprint density at radius 2 is 1.79 bits per heavy atom. The summed E-state index contributed by atoms with van der Waals surface area (Å²) in [6.45, 7) is 5.68. The first-order valence-corrected chi connectivity index (χ1v) is 10.0. The number of halogens is 1. The summed E-state index contributed by atoms with van der Waals surface area (Å²) in [7, 11) is 2.12. The van der Waals surface area contributed by atoms with Crippen LogP contribution in [0.3, 0.4) is 0 Å². The first kappa shape index (κ1) is 19.5. The van der Waals surface area contributed by atoms with E-state index in [1.165, 1.54) is 0 Å². The predicted octanol–water partition coefficient (Wildman–Crippen LogP) is 3.84. The van der Waals surface area contributed by atoms with Crippen LogP contribution in [0.2, 0.25) is 5.02 Å². The van der Waals surface area contributed by atoms with E-state index in [1.807, 2.05) is 55.5 Å². The van der Waals surface area contributed by atoms with Gasteiger partial charge in [0.05, 0.1) is 34.5 Å². The Balaban J connectivity index is 1.59. The second-order valence-electron chi connectivity index (χ2n) is 7.30. The molecule has 7 heteroatoms. The lowest BCUT2D eigenvalue weighted by Gasteiger charge is -2.35. The SMILES string of the molecule is Cc1c(C(=O)Nc2cc(Cl)ccc2N2CCN(C)CC2)cnn1-c1ccccc1. The highest BCUT2D eigenvalue weighted by atomic mass is 35.5. The number of likely N-dealkylation sites (N-methyl/N-ethyl adjacent to an activating group) is 1. The van der Waals surface area contributed by atoms with Crippen molar-refractivity contribution in [2.75, 3.05) is 43.4 Å². The summed E-state index contributed by atoms with van der Waals surface area (Å²) in [6.07, 6.45) is 1.61. The minimum Gasteiger partial charge on any atom is -0.367 e. The predicted molar refractivity (Wildman–Crippen MR) is 117 cm³/mol. The van der Waals surface area contributed by atoms with Crippen molar-refractivity contribution in [1.82, 2.24) is 14.7 Å². The van der Waals surface area contributed by atoms with Gasteiger partial charge in [-0.15, -0.1) is 0 Å². The van der Waals surface area contributed by atoms with Crippen LogP contribution in [0, 0.1) is 6.92 Å². The molecule has 1 saturated heterocycles. The number of carbonyl (C=O) groups is 1. The largest absolute Gasteiger partial charge is 0.367 e. The molecule has 1 aliphatic rings. The van der Waals surface area contributed by atoms with Crippen LogP contribution in [0.5, 0.6) is 0 Å². The Morgan fingerprint density at radius 3 is 2.52 bits per heavy atom. The Bertz CT molecular complexity index is 1010. The summed E-state index contributed by atoms with van der Waals surface area (Å²) in [6, 6.07) is 15.4. The van der Waals surface area contributed by atoms with E-state index in [1.54, 1.807) is 10.9 Å². The highest BCUT2D eigenvalue weighted by Crippen LogP contribution is 2.30. The van der Waals surface area contributed by atoms with E-state index in [9.17, 15) is 4.79 Å². The highest BCUT2D eigenvalue weighted by molar-refractivity contribution is 6.31. The zero-order chi connectivity index (χ0) is 20.4. The monoisotopic (exact) mass is 409 g/mol. The quantitative estimate of drug-likeness (QED) is 0.711. The molecule has 2 aromatic carbocycles. The zero-order valence-electron chi connectivity index (χ0n) is 16.6. The van der Waals surface area contributed by atoms with E-state index in [0.29, 0.717) is 10.6 Å². The maximum atomic E-state index is 13.0. The third kappa shape index (κ3) is 4.13. The van der Waals surface area contributed by atoms with Crippen LogP contribution in [0.15, 0.2) is 54.7 Å². The van der Waals surface area contributed by atoms with Gasteiger partial charge >= 0.3 is 0 Å². The lowest BCUT2D eigenvalue weighted by Crippen LogP contribution is -2.44. The first-order valence-electron chi connectivity index (χ1n) is 9.67. The van der Waals surface area contributed by atoms with Gasteiger partial charge in [0.15, 0.2) is 0 Å². The van der Waals surface area contributed by atoms with Crippen LogP contribution in [0.25, 0.3) is 5.69 Å². The van der Waals surface area contributed by atoms with Crippen molar-refractivity contribution in [2.24, 2.45) is 0 Å². The number of carbonyl (C=O) groups excluding carboxylic acids is 1. The Labute approximate surface area is 175 Å². The number of amides is 1. The van der Waals surface area contributed by atoms with Gasteiger partial charge in [-0.1, -0.05) is 29.8 Å². The van der Waals surface area contributed by atoms with Crippen molar-refractivity contribution < 1.29 is 4.79 Å². The van der Waals surface area contributed by atoms with E-state index in [4.69, 9.17) is 11.6 Å². The molecule has 0 unspecified atom stereocenters. The number of nitrogens with one attached hydrogen (secondary N) is 1. The number of rotatable bonds is 4. The maximum Gasteiger partial charge on any atom is 0.259 e. The molecule has 1 amide bonds. The van der Waals surface area contributed by atoms with Crippen LogP contribution >= 0.6 is 11.6 Å². The smallest absolute Gasteiger partial charge is 0.259 e. The van der Waals surface area contributed by atoms with Crippen LogP contribution in [-0.2, 0) is 0 Å². The Morgan fingerprint density at radius 1 is 1.07 bits per heavy atom. The third-order valence-electron chi connectivity index (χ3n) is 5.31. The van der Waals surface area contributed by atoms with Gasteiger partial charge in [-0.3, -0.25) is 4.79 Å². The summed E-state index contributed by atoms with van der Waals surface area (Å²) in [5, 5.41) is 8.04. The normalized spacial score (nSPS) is 14.8. The number of para-hydroxylation sites is 1. The van der Waals surface area contributed by atoms with Crippen molar-refractivity contribution in [3.05, 3.63) is 71.0 Å². The number of aromatic nitrogens is 2. The van der Waals surface area contributed by atoms with Crippen LogP contribution < -0.4 is 10.2 Å². The number of nitrogens with zero attached hydrogens (tertiary/aromatic N) is 4. The Hall–Kier alpha value is -2.83. The summed E-state index contributed by atoms with van der Waals surface area (Å²) < 4.78 is 1.77. The van der Waals surface area contributed by atoms with Crippen molar-refractivity contribution in [1.29, 1.82) is 0 Å². The molecule has 0 bridgehead atoms. The fourth-order valence-corrected chi connectivity index (χ4v) is 3.76. The summed E-state index contributed by atoms with van der Waals surface area (Å²) in [4.78, 5) is 17.6. The van der Waals surface area contributed by atoms with Crippen molar-refractivity contribution >= 4 is 28.9 Å². The van der Waals surface area contributed by atoms with Gasteiger partial charge in [-0.25, -0.2) is 4.68 Å². The average Bonchev–Trinajstić information content (AvgIpc) is 3.11. The molecule has 1 N–H and O–H groups in total. The molecule has 2 heterocycles. The van der Waals surface area contributed by atoms with E-state index in [2.05, 4.69) is 27.3 Å². The molecule has 3 aromatic rings. The number of anilines is 2. The van der Waals surface area contributed by atoms with E-state index in [0.717, 1.165) is 48.9 Å². The molecular weight excluding hydrogens is 386 g/mol. The molecule has 1 aromatic heterocycles. The maximum absolute atomic E-state index is 13.0. The Kier molecular flexibility index (Phi) is 5.56. The minimum absolute atomic E-state index is 0.192. The third-order valence-corrected chi connectivity index (χ3v) is 5.54. The van der Waals surface area contributed by atoms with Gasteiger partial charge in [0.25, 0.3) is 5.91 Å². The van der Waals surface area contributed by atoms with Crippen LogP contribution in [0.4, 0.5) is 11.4 Å². The molecule has 0 saturated carbocycles. The van der Waals surface area contributed by atoms with Crippen molar-refractivity contribution in [3.63, 3.8) is 0 Å².